The first-order chi connectivity index (χ1) is 8.20. The molecular weight excluding hydrogens is 230 g/mol. The van der Waals surface area contributed by atoms with Crippen LogP contribution < -0.4 is 0 Å². The fraction of sp³-hybridized carbons (Fsp3) is 0.857. The lowest BCUT2D eigenvalue weighted by atomic mass is 9.72. The van der Waals surface area contributed by atoms with Gasteiger partial charge in [0.05, 0.1) is 0 Å². The molecule has 4 heteroatoms. The molecular formula is C14H25NO3. The zero-order chi connectivity index (χ0) is 14.0. The van der Waals surface area contributed by atoms with Gasteiger partial charge in [0.1, 0.15) is 11.9 Å². The maximum atomic E-state index is 12.0. The Morgan fingerprint density at radius 2 is 2.00 bits per heavy atom. The van der Waals surface area contributed by atoms with E-state index in [1.54, 1.807) is 4.90 Å². The first kappa shape index (κ1) is 15.0. The van der Waals surface area contributed by atoms with E-state index in [9.17, 15) is 9.59 Å². The van der Waals surface area contributed by atoms with Gasteiger partial charge in [-0.3, -0.25) is 0 Å². The fourth-order valence-electron chi connectivity index (χ4n) is 2.30. The van der Waals surface area contributed by atoms with E-state index in [1.807, 2.05) is 34.6 Å². The molecule has 18 heavy (non-hydrogen) atoms. The van der Waals surface area contributed by atoms with Crippen LogP contribution in [0.25, 0.3) is 0 Å². The molecule has 0 spiro atoms. The van der Waals surface area contributed by atoms with Gasteiger partial charge in [-0.25, -0.2) is 4.79 Å². The third kappa shape index (κ3) is 3.47. The number of hydrogen-bond acceptors (Lipinski definition) is 3. The summed E-state index contributed by atoms with van der Waals surface area (Å²) in [5, 5.41) is 0. The number of ether oxygens (including phenoxy) is 1. The minimum atomic E-state index is -0.490. The van der Waals surface area contributed by atoms with Crippen LogP contribution in [0.5, 0.6) is 0 Å². The summed E-state index contributed by atoms with van der Waals surface area (Å²) in [6, 6.07) is 0. The number of amides is 1. The zero-order valence-corrected chi connectivity index (χ0v) is 12.2. The van der Waals surface area contributed by atoms with E-state index in [0.29, 0.717) is 13.1 Å². The number of rotatable bonds is 2. The molecule has 0 aromatic carbocycles. The van der Waals surface area contributed by atoms with Crippen molar-refractivity contribution in [2.75, 3.05) is 13.1 Å². The monoisotopic (exact) mass is 255 g/mol. The molecule has 4 nitrogen and oxygen atoms in total. The van der Waals surface area contributed by atoms with Crippen molar-refractivity contribution in [2.24, 2.45) is 11.3 Å². The first-order valence-corrected chi connectivity index (χ1v) is 6.64. The molecule has 1 amide bonds. The Hall–Kier alpha value is -1.06. The maximum Gasteiger partial charge on any atom is 0.410 e. The molecule has 0 aliphatic carbocycles. The van der Waals surface area contributed by atoms with Gasteiger partial charge in [-0.15, -0.1) is 0 Å². The fourth-order valence-corrected chi connectivity index (χ4v) is 2.30. The van der Waals surface area contributed by atoms with Gasteiger partial charge in [-0.05, 0) is 39.5 Å². The summed E-state index contributed by atoms with van der Waals surface area (Å²) in [7, 11) is 0. The molecule has 0 radical (unpaired) electrons. The van der Waals surface area contributed by atoms with Crippen molar-refractivity contribution in [3.8, 4) is 0 Å². The topological polar surface area (TPSA) is 46.6 Å². The van der Waals surface area contributed by atoms with Crippen LogP contribution in [0.3, 0.4) is 0 Å². The van der Waals surface area contributed by atoms with Crippen LogP contribution in [-0.2, 0) is 9.53 Å². The third-order valence-corrected chi connectivity index (χ3v) is 3.59. The molecule has 1 saturated heterocycles. The van der Waals surface area contributed by atoms with Crippen LogP contribution in [0.1, 0.15) is 47.5 Å². The number of hydrogen-bond donors (Lipinski definition) is 0. The molecule has 1 rings (SSSR count). The lowest BCUT2D eigenvalue weighted by Gasteiger charge is -2.42. The SMILES string of the molecule is CC(C)C1(C=O)CCCN(C(=O)OC(C)(C)C)C1. The van der Waals surface area contributed by atoms with E-state index in [2.05, 4.69) is 0 Å². The van der Waals surface area contributed by atoms with Crippen LogP contribution in [0.2, 0.25) is 0 Å². The Kier molecular flexibility index (Phi) is 4.41. The van der Waals surface area contributed by atoms with E-state index in [-0.39, 0.29) is 12.0 Å². The van der Waals surface area contributed by atoms with E-state index < -0.39 is 11.0 Å². The van der Waals surface area contributed by atoms with Gasteiger partial charge in [0.15, 0.2) is 0 Å². The highest BCUT2D eigenvalue weighted by molar-refractivity contribution is 5.70. The van der Waals surface area contributed by atoms with Gasteiger partial charge in [0.2, 0.25) is 0 Å². The predicted molar refractivity (Wildman–Crippen MR) is 70.4 cm³/mol. The number of nitrogens with zero attached hydrogens (tertiary/aromatic N) is 1. The van der Waals surface area contributed by atoms with E-state index in [0.717, 1.165) is 19.1 Å². The van der Waals surface area contributed by atoms with Crippen LogP contribution in [0.15, 0.2) is 0 Å². The van der Waals surface area contributed by atoms with Gasteiger partial charge in [-0.1, -0.05) is 13.8 Å². The van der Waals surface area contributed by atoms with Crippen molar-refractivity contribution < 1.29 is 14.3 Å². The van der Waals surface area contributed by atoms with Crippen molar-refractivity contribution in [3.05, 3.63) is 0 Å². The quantitative estimate of drug-likeness (QED) is 0.713. The summed E-state index contributed by atoms with van der Waals surface area (Å²) in [5.74, 6) is 0.236. The number of carbonyl (C=O) groups is 2. The van der Waals surface area contributed by atoms with Crippen molar-refractivity contribution in [1.29, 1.82) is 0 Å². The molecule has 0 saturated carbocycles. The minimum Gasteiger partial charge on any atom is -0.444 e. The number of piperidine rings is 1. The largest absolute Gasteiger partial charge is 0.444 e. The lowest BCUT2D eigenvalue weighted by molar-refractivity contribution is -0.121. The smallest absolute Gasteiger partial charge is 0.410 e. The highest BCUT2D eigenvalue weighted by Gasteiger charge is 2.40. The average Bonchev–Trinajstić information content (AvgIpc) is 2.26. The molecule has 0 aromatic rings. The molecule has 0 aromatic heterocycles. The number of aldehydes is 1. The summed E-state index contributed by atoms with van der Waals surface area (Å²) in [6.07, 6.45) is 2.42. The normalized spacial score (nSPS) is 25.1. The van der Waals surface area contributed by atoms with Crippen LogP contribution in [0, 0.1) is 11.3 Å². The number of likely N-dealkylation sites (tertiary alicyclic amines) is 1. The van der Waals surface area contributed by atoms with Crippen LogP contribution in [-0.4, -0.2) is 36.0 Å². The molecule has 1 aliphatic rings. The van der Waals surface area contributed by atoms with Crippen molar-refractivity contribution in [3.63, 3.8) is 0 Å². The van der Waals surface area contributed by atoms with Crippen molar-refractivity contribution >= 4 is 12.4 Å². The molecule has 1 fully saturated rings. The predicted octanol–water partition coefficient (Wildman–Crippen LogP) is 2.86. The molecule has 0 bridgehead atoms. The Balaban J connectivity index is 2.75. The molecule has 104 valence electrons. The Morgan fingerprint density at radius 1 is 1.39 bits per heavy atom. The molecule has 1 heterocycles. The maximum absolute atomic E-state index is 12.0. The second kappa shape index (κ2) is 5.29. The summed E-state index contributed by atoms with van der Waals surface area (Å²) >= 11 is 0. The Morgan fingerprint density at radius 3 is 2.44 bits per heavy atom. The summed E-state index contributed by atoms with van der Waals surface area (Å²) < 4.78 is 5.37. The van der Waals surface area contributed by atoms with Gasteiger partial charge >= 0.3 is 6.09 Å². The summed E-state index contributed by atoms with van der Waals surface area (Å²) in [4.78, 5) is 25.1. The molecule has 0 N–H and O–H groups in total. The lowest BCUT2D eigenvalue weighted by Crippen LogP contribution is -2.50. The van der Waals surface area contributed by atoms with Gasteiger partial charge in [-0.2, -0.15) is 0 Å². The van der Waals surface area contributed by atoms with Gasteiger partial charge in [0.25, 0.3) is 0 Å². The Labute approximate surface area is 110 Å². The third-order valence-electron chi connectivity index (χ3n) is 3.59. The highest BCUT2D eigenvalue weighted by atomic mass is 16.6. The standard InChI is InChI=1S/C14H25NO3/c1-11(2)14(10-16)7-6-8-15(9-14)12(17)18-13(3,4)5/h10-11H,6-9H2,1-5H3. The molecule has 1 unspecified atom stereocenters. The first-order valence-electron chi connectivity index (χ1n) is 6.64. The van der Waals surface area contributed by atoms with Crippen molar-refractivity contribution in [2.45, 2.75) is 53.1 Å². The van der Waals surface area contributed by atoms with Crippen LogP contribution >= 0.6 is 0 Å². The minimum absolute atomic E-state index is 0.236. The summed E-state index contributed by atoms with van der Waals surface area (Å²) in [5.41, 5.74) is -0.897. The molecule has 1 atom stereocenters. The summed E-state index contributed by atoms with van der Waals surface area (Å²) in [6.45, 7) is 10.8. The van der Waals surface area contributed by atoms with Gasteiger partial charge in [0, 0.05) is 18.5 Å². The Bertz CT molecular complexity index is 319. The zero-order valence-electron chi connectivity index (χ0n) is 12.2. The highest BCUT2D eigenvalue weighted by Crippen LogP contribution is 2.35. The second-order valence-corrected chi connectivity index (χ2v) is 6.51. The van der Waals surface area contributed by atoms with E-state index >= 15 is 0 Å². The second-order valence-electron chi connectivity index (χ2n) is 6.51. The van der Waals surface area contributed by atoms with E-state index in [1.165, 1.54) is 0 Å². The average molecular weight is 255 g/mol. The van der Waals surface area contributed by atoms with Crippen molar-refractivity contribution in [1.82, 2.24) is 4.90 Å². The van der Waals surface area contributed by atoms with E-state index in [4.69, 9.17) is 4.74 Å². The van der Waals surface area contributed by atoms with Crippen LogP contribution in [0.4, 0.5) is 4.79 Å². The number of carbonyl (C=O) groups excluding carboxylic acids is 2. The molecule has 1 aliphatic heterocycles. The van der Waals surface area contributed by atoms with Gasteiger partial charge < -0.3 is 14.4 Å².